The zero-order valence-electron chi connectivity index (χ0n) is 15.0. The highest BCUT2D eigenvalue weighted by Gasteiger charge is 2.16. The first kappa shape index (κ1) is 25.6. The number of aromatic nitrogens is 4. The summed E-state index contributed by atoms with van der Waals surface area (Å²) in [7, 11) is 0. The van der Waals surface area contributed by atoms with E-state index in [1.165, 1.54) is 24.4 Å². The van der Waals surface area contributed by atoms with Crippen molar-refractivity contribution in [3.05, 3.63) is 42.0 Å². The van der Waals surface area contributed by atoms with Crippen LogP contribution in [0.4, 0.5) is 16.2 Å². The highest BCUT2D eigenvalue weighted by molar-refractivity contribution is 5.86. The average Bonchev–Trinajstić information content (AvgIpc) is 2.57. The maximum atomic E-state index is 14.2. The van der Waals surface area contributed by atoms with Crippen molar-refractivity contribution in [2.45, 2.75) is 19.8 Å². The molecule has 0 amide bonds. The summed E-state index contributed by atoms with van der Waals surface area (Å²) in [6, 6.07) is 6.07. The molecule has 0 unspecified atom stereocenters. The van der Waals surface area contributed by atoms with Gasteiger partial charge in [-0.2, -0.15) is 0 Å². The molecule has 3 heterocycles. The maximum absolute atomic E-state index is 14.2. The Balaban J connectivity index is 0.00000243. The van der Waals surface area contributed by atoms with Crippen LogP contribution in [0.2, 0.25) is 0 Å². The molecule has 0 aliphatic heterocycles. The number of nitrogens with two attached hydrogens (primary N) is 2. The number of hydrogen-bond donors (Lipinski definition) is 3. The number of aromatic hydroxyl groups is 1. The van der Waals surface area contributed by atoms with E-state index < -0.39 is 5.82 Å². The van der Waals surface area contributed by atoms with Crippen LogP contribution in [-0.2, 0) is 0 Å². The molecule has 0 aromatic carbocycles. The van der Waals surface area contributed by atoms with Crippen LogP contribution in [0.5, 0.6) is 5.75 Å². The van der Waals surface area contributed by atoms with E-state index >= 15 is 0 Å². The summed E-state index contributed by atoms with van der Waals surface area (Å²) >= 11 is 0. The number of nitrogens with zero attached hydrogens (tertiary/aromatic N) is 4. The fourth-order valence-electron chi connectivity index (χ4n) is 2.35. The van der Waals surface area contributed by atoms with E-state index in [4.69, 9.17) is 11.5 Å². The quantitative estimate of drug-likeness (QED) is 0.552. The third kappa shape index (κ3) is 5.09. The van der Waals surface area contributed by atoms with Crippen LogP contribution < -0.4 is 11.5 Å². The van der Waals surface area contributed by atoms with Gasteiger partial charge in [0, 0.05) is 17.5 Å². The zero-order chi connectivity index (χ0) is 18.1. The molecule has 3 aromatic heterocycles. The summed E-state index contributed by atoms with van der Waals surface area (Å²) in [4.78, 5) is 16.3. The molecule has 0 radical (unpaired) electrons. The molecule has 0 saturated heterocycles. The van der Waals surface area contributed by atoms with Crippen LogP contribution >= 0.6 is 37.2 Å². The van der Waals surface area contributed by atoms with Gasteiger partial charge < -0.3 is 16.6 Å². The van der Waals surface area contributed by atoms with Gasteiger partial charge in [0.15, 0.2) is 11.6 Å². The van der Waals surface area contributed by atoms with Gasteiger partial charge in [0.25, 0.3) is 0 Å². The van der Waals surface area contributed by atoms with Crippen LogP contribution in [-0.4, -0.2) is 25.0 Å². The van der Waals surface area contributed by atoms with Gasteiger partial charge in [-0.05, 0) is 30.2 Å². The number of anilines is 2. The third-order valence-corrected chi connectivity index (χ3v) is 3.66. The van der Waals surface area contributed by atoms with E-state index in [0.29, 0.717) is 17.1 Å². The Morgan fingerprint density at radius 3 is 2.29 bits per heavy atom. The minimum Gasteiger partial charge on any atom is -0.506 e. The van der Waals surface area contributed by atoms with Crippen molar-refractivity contribution in [3.63, 3.8) is 0 Å². The van der Waals surface area contributed by atoms with E-state index in [1.54, 1.807) is 6.07 Å². The molecule has 28 heavy (non-hydrogen) atoms. The summed E-state index contributed by atoms with van der Waals surface area (Å²) in [6.07, 6.45) is 1.39. The molecular formula is C17H20Cl3FN6O. The lowest BCUT2D eigenvalue weighted by molar-refractivity contribution is 0.475. The molecule has 3 aromatic rings. The SMILES string of the molecule is CC(C)c1cc(-c2nc(-c3ccnc(N)c3F)ccc2O)nc(N)n1.Cl.Cl.Cl. The second kappa shape index (κ2) is 10.2. The number of hydrogen-bond acceptors (Lipinski definition) is 7. The van der Waals surface area contributed by atoms with E-state index in [9.17, 15) is 9.50 Å². The Morgan fingerprint density at radius 2 is 1.64 bits per heavy atom. The van der Waals surface area contributed by atoms with Crippen molar-refractivity contribution < 1.29 is 9.50 Å². The lowest BCUT2D eigenvalue weighted by Gasteiger charge is -2.11. The van der Waals surface area contributed by atoms with Gasteiger partial charge in [0.2, 0.25) is 5.95 Å². The van der Waals surface area contributed by atoms with Crippen LogP contribution in [0.25, 0.3) is 22.6 Å². The molecule has 0 spiro atoms. The first-order valence-electron chi connectivity index (χ1n) is 7.62. The minimum atomic E-state index is -0.670. The van der Waals surface area contributed by atoms with Gasteiger partial charge in [-0.25, -0.2) is 24.3 Å². The molecule has 3 rings (SSSR count). The number of pyridine rings is 2. The highest BCUT2D eigenvalue weighted by Crippen LogP contribution is 2.32. The molecular weight excluding hydrogens is 430 g/mol. The molecule has 0 fully saturated rings. The standard InChI is InChI=1S/C17H17FN6O.3ClH/c1-8(2)11-7-12(24-17(20)23-11)15-13(25)4-3-10(22-15)9-5-6-21-16(19)14(9)18;;;/h3-8,25H,1-2H3,(H2,19,21)(H2,20,23,24);3*1H. The topological polar surface area (TPSA) is 124 Å². The van der Waals surface area contributed by atoms with E-state index in [1.807, 2.05) is 13.8 Å². The van der Waals surface area contributed by atoms with E-state index in [-0.39, 0.29) is 71.9 Å². The van der Waals surface area contributed by atoms with Crippen molar-refractivity contribution >= 4 is 49.0 Å². The molecule has 11 heteroatoms. The van der Waals surface area contributed by atoms with Gasteiger partial charge >= 0.3 is 0 Å². The molecule has 0 saturated carbocycles. The van der Waals surface area contributed by atoms with Gasteiger partial charge in [-0.1, -0.05) is 13.8 Å². The Bertz CT molecular complexity index is 958. The monoisotopic (exact) mass is 448 g/mol. The Hall–Kier alpha value is -2.42. The van der Waals surface area contributed by atoms with Crippen LogP contribution in [0, 0.1) is 5.82 Å². The Labute approximate surface area is 180 Å². The Morgan fingerprint density at radius 1 is 0.964 bits per heavy atom. The van der Waals surface area contributed by atoms with Gasteiger partial charge in [0.05, 0.1) is 11.4 Å². The zero-order valence-corrected chi connectivity index (χ0v) is 17.4. The largest absolute Gasteiger partial charge is 0.506 e. The van der Waals surface area contributed by atoms with Crippen molar-refractivity contribution in [1.29, 1.82) is 0 Å². The van der Waals surface area contributed by atoms with Gasteiger partial charge in [0.1, 0.15) is 11.4 Å². The number of nitrogen functional groups attached to an aromatic ring is 2. The van der Waals surface area contributed by atoms with Crippen molar-refractivity contribution in [2.24, 2.45) is 0 Å². The van der Waals surface area contributed by atoms with Crippen molar-refractivity contribution in [2.75, 3.05) is 11.5 Å². The first-order valence-corrected chi connectivity index (χ1v) is 7.62. The fourth-order valence-corrected chi connectivity index (χ4v) is 2.35. The Kier molecular flexibility index (Phi) is 9.33. The minimum absolute atomic E-state index is 0. The number of halogens is 4. The fraction of sp³-hybridized carbons (Fsp3) is 0.176. The second-order valence-electron chi connectivity index (χ2n) is 5.81. The van der Waals surface area contributed by atoms with E-state index in [2.05, 4.69) is 19.9 Å². The third-order valence-electron chi connectivity index (χ3n) is 3.66. The summed E-state index contributed by atoms with van der Waals surface area (Å²) in [6.45, 7) is 3.93. The summed E-state index contributed by atoms with van der Waals surface area (Å²) in [5.41, 5.74) is 13.0. The van der Waals surface area contributed by atoms with E-state index in [0.717, 1.165) is 0 Å². The summed E-state index contributed by atoms with van der Waals surface area (Å²) in [5.74, 6) is -0.794. The summed E-state index contributed by atoms with van der Waals surface area (Å²) in [5, 5.41) is 10.2. The maximum Gasteiger partial charge on any atom is 0.220 e. The number of rotatable bonds is 3. The van der Waals surface area contributed by atoms with Crippen molar-refractivity contribution in [3.8, 4) is 28.4 Å². The smallest absolute Gasteiger partial charge is 0.220 e. The van der Waals surface area contributed by atoms with Crippen LogP contribution in [0.3, 0.4) is 0 Å². The molecule has 5 N–H and O–H groups in total. The lowest BCUT2D eigenvalue weighted by Crippen LogP contribution is -2.03. The molecule has 152 valence electrons. The second-order valence-corrected chi connectivity index (χ2v) is 5.81. The highest BCUT2D eigenvalue weighted by atomic mass is 35.5. The molecule has 0 aliphatic carbocycles. The van der Waals surface area contributed by atoms with Crippen LogP contribution in [0.1, 0.15) is 25.5 Å². The molecule has 7 nitrogen and oxygen atoms in total. The molecule has 0 atom stereocenters. The van der Waals surface area contributed by atoms with Crippen LogP contribution in [0.15, 0.2) is 30.5 Å². The molecule has 0 aliphatic rings. The van der Waals surface area contributed by atoms with Gasteiger partial charge in [-0.15, -0.1) is 37.2 Å². The predicted octanol–water partition coefficient (Wildman–Crippen LogP) is 4.00. The average molecular weight is 450 g/mol. The van der Waals surface area contributed by atoms with Gasteiger partial charge in [-0.3, -0.25) is 0 Å². The van der Waals surface area contributed by atoms with Crippen molar-refractivity contribution in [1.82, 2.24) is 19.9 Å². The first-order chi connectivity index (χ1) is 11.9. The summed E-state index contributed by atoms with van der Waals surface area (Å²) < 4.78 is 14.2. The lowest BCUT2D eigenvalue weighted by atomic mass is 10.1. The molecule has 0 bridgehead atoms. The predicted molar refractivity (Wildman–Crippen MR) is 115 cm³/mol. The normalized spacial score (nSPS) is 9.86.